The molecule has 1 fully saturated rings. The average Bonchev–Trinajstić information content (AvgIpc) is 2.28. The van der Waals surface area contributed by atoms with Crippen LogP contribution in [0.4, 0.5) is 0 Å². The maximum atomic E-state index is 6.51. The van der Waals surface area contributed by atoms with Crippen molar-refractivity contribution in [3.05, 3.63) is 35.9 Å². The molecule has 0 bridgehead atoms. The second-order valence-corrected chi connectivity index (χ2v) is 7.90. The van der Waals surface area contributed by atoms with E-state index in [4.69, 9.17) is 5.73 Å². The van der Waals surface area contributed by atoms with Gasteiger partial charge in [0, 0.05) is 30.1 Å². The van der Waals surface area contributed by atoms with Crippen LogP contribution in [-0.2, 0) is 5.54 Å². The summed E-state index contributed by atoms with van der Waals surface area (Å²) in [6.45, 7) is 9.98. The number of hydrogen-bond donors (Lipinski definition) is 1. The molecule has 1 atom stereocenters. The van der Waals surface area contributed by atoms with E-state index in [0.29, 0.717) is 4.75 Å². The number of nitrogens with two attached hydrogens (primary N) is 1. The van der Waals surface area contributed by atoms with E-state index in [2.05, 4.69) is 61.7 Å². The molecular formula is C15H24N2S. The van der Waals surface area contributed by atoms with Crippen LogP contribution in [0.1, 0.15) is 26.3 Å². The van der Waals surface area contributed by atoms with Crippen molar-refractivity contribution in [2.75, 3.05) is 25.4 Å². The summed E-state index contributed by atoms with van der Waals surface area (Å²) in [6.07, 6.45) is 0. The van der Waals surface area contributed by atoms with E-state index < -0.39 is 0 Å². The molecule has 1 aromatic rings. The quantitative estimate of drug-likeness (QED) is 0.910. The van der Waals surface area contributed by atoms with Gasteiger partial charge in [-0.15, -0.1) is 0 Å². The first-order valence-electron chi connectivity index (χ1n) is 6.60. The van der Waals surface area contributed by atoms with Crippen molar-refractivity contribution in [3.8, 4) is 0 Å². The third kappa shape index (κ3) is 3.50. The fourth-order valence-corrected chi connectivity index (χ4v) is 3.80. The minimum absolute atomic E-state index is 0.265. The molecule has 1 aliphatic heterocycles. The molecule has 1 aromatic carbocycles. The average molecular weight is 264 g/mol. The molecule has 1 saturated heterocycles. The van der Waals surface area contributed by atoms with Crippen LogP contribution in [0.15, 0.2) is 30.3 Å². The van der Waals surface area contributed by atoms with Gasteiger partial charge in [0.1, 0.15) is 0 Å². The van der Waals surface area contributed by atoms with Crippen molar-refractivity contribution in [1.29, 1.82) is 0 Å². The number of benzene rings is 1. The summed E-state index contributed by atoms with van der Waals surface area (Å²) < 4.78 is 0.352. The van der Waals surface area contributed by atoms with Crippen molar-refractivity contribution < 1.29 is 0 Å². The van der Waals surface area contributed by atoms with Crippen LogP contribution in [0.5, 0.6) is 0 Å². The molecule has 18 heavy (non-hydrogen) atoms. The normalized spacial score (nSPS) is 23.6. The highest BCUT2D eigenvalue weighted by Crippen LogP contribution is 2.31. The monoisotopic (exact) mass is 264 g/mol. The van der Waals surface area contributed by atoms with Gasteiger partial charge in [-0.2, -0.15) is 11.8 Å². The fourth-order valence-electron chi connectivity index (χ4n) is 2.62. The van der Waals surface area contributed by atoms with Gasteiger partial charge in [-0.05, 0) is 26.3 Å². The third-order valence-corrected chi connectivity index (χ3v) is 4.79. The Morgan fingerprint density at radius 3 is 2.61 bits per heavy atom. The highest BCUT2D eigenvalue weighted by atomic mass is 32.2. The zero-order chi connectivity index (χ0) is 13.2. The first-order valence-corrected chi connectivity index (χ1v) is 7.58. The zero-order valence-corrected chi connectivity index (χ0v) is 12.5. The Kier molecular flexibility index (Phi) is 4.05. The number of rotatable bonds is 3. The molecule has 100 valence electrons. The molecule has 0 spiro atoms. The molecule has 1 unspecified atom stereocenters. The van der Waals surface area contributed by atoms with Gasteiger partial charge >= 0.3 is 0 Å². The van der Waals surface area contributed by atoms with E-state index in [-0.39, 0.29) is 5.54 Å². The van der Waals surface area contributed by atoms with Crippen LogP contribution in [0.2, 0.25) is 0 Å². The van der Waals surface area contributed by atoms with Crippen molar-refractivity contribution in [2.45, 2.75) is 31.1 Å². The molecule has 2 N–H and O–H groups in total. The van der Waals surface area contributed by atoms with Gasteiger partial charge in [-0.25, -0.2) is 0 Å². The van der Waals surface area contributed by atoms with Crippen molar-refractivity contribution in [3.63, 3.8) is 0 Å². The van der Waals surface area contributed by atoms with Gasteiger partial charge in [0.05, 0.1) is 5.54 Å². The first-order chi connectivity index (χ1) is 8.39. The first kappa shape index (κ1) is 13.9. The Balaban J connectivity index is 2.04. The standard InChI is InChI=1S/C15H24N2S/c1-14(2)11-17(9-10-18-14)12-15(3,16)13-7-5-4-6-8-13/h4-8H,9-12,16H2,1-3H3. The van der Waals surface area contributed by atoms with Gasteiger partial charge in [-0.1, -0.05) is 30.3 Å². The summed E-state index contributed by atoms with van der Waals surface area (Å²) in [5.41, 5.74) is 7.47. The Morgan fingerprint density at radius 2 is 2.00 bits per heavy atom. The van der Waals surface area contributed by atoms with Gasteiger partial charge in [-0.3, -0.25) is 4.90 Å². The lowest BCUT2D eigenvalue weighted by molar-refractivity contribution is 0.208. The highest BCUT2D eigenvalue weighted by molar-refractivity contribution is 8.00. The summed E-state index contributed by atoms with van der Waals surface area (Å²) in [5, 5.41) is 0. The van der Waals surface area contributed by atoms with Crippen molar-refractivity contribution in [2.24, 2.45) is 5.73 Å². The molecule has 2 nitrogen and oxygen atoms in total. The Bertz CT molecular complexity index is 387. The van der Waals surface area contributed by atoms with Crippen LogP contribution < -0.4 is 5.73 Å². The molecule has 3 heteroatoms. The molecule has 1 heterocycles. The maximum Gasteiger partial charge on any atom is 0.0509 e. The lowest BCUT2D eigenvalue weighted by Gasteiger charge is -2.41. The second kappa shape index (κ2) is 5.24. The minimum Gasteiger partial charge on any atom is -0.321 e. The van der Waals surface area contributed by atoms with Crippen LogP contribution in [0, 0.1) is 0 Å². The van der Waals surface area contributed by atoms with Crippen LogP contribution in [0.3, 0.4) is 0 Å². The Morgan fingerprint density at radius 1 is 1.33 bits per heavy atom. The lowest BCUT2D eigenvalue weighted by Crippen LogP contribution is -2.51. The molecular weight excluding hydrogens is 240 g/mol. The van der Waals surface area contributed by atoms with Crippen LogP contribution in [-0.4, -0.2) is 35.0 Å². The largest absolute Gasteiger partial charge is 0.321 e. The number of hydrogen-bond acceptors (Lipinski definition) is 3. The van der Waals surface area contributed by atoms with Gasteiger partial charge in [0.2, 0.25) is 0 Å². The summed E-state index contributed by atoms with van der Waals surface area (Å²) in [5.74, 6) is 1.21. The summed E-state index contributed by atoms with van der Waals surface area (Å²) in [6, 6.07) is 10.4. The molecule has 1 aliphatic rings. The maximum absolute atomic E-state index is 6.51. The lowest BCUT2D eigenvalue weighted by atomic mass is 9.92. The molecule has 2 rings (SSSR count). The smallest absolute Gasteiger partial charge is 0.0509 e. The minimum atomic E-state index is -0.265. The van der Waals surface area contributed by atoms with Gasteiger partial charge in [0.15, 0.2) is 0 Å². The SMILES string of the molecule is CC1(C)CN(CC(C)(N)c2ccccc2)CCS1. The van der Waals surface area contributed by atoms with E-state index in [9.17, 15) is 0 Å². The van der Waals surface area contributed by atoms with Gasteiger partial charge in [0.25, 0.3) is 0 Å². The number of nitrogens with zero attached hydrogens (tertiary/aromatic N) is 1. The van der Waals surface area contributed by atoms with Gasteiger partial charge < -0.3 is 5.73 Å². The van der Waals surface area contributed by atoms with E-state index >= 15 is 0 Å². The third-order valence-electron chi connectivity index (χ3n) is 3.49. The molecule has 0 radical (unpaired) electrons. The van der Waals surface area contributed by atoms with Crippen molar-refractivity contribution >= 4 is 11.8 Å². The number of thioether (sulfide) groups is 1. The second-order valence-electron chi connectivity index (χ2n) is 6.10. The Labute approximate surface area is 115 Å². The van der Waals surface area contributed by atoms with E-state index in [0.717, 1.165) is 19.6 Å². The van der Waals surface area contributed by atoms with Crippen LogP contribution >= 0.6 is 11.8 Å². The van der Waals surface area contributed by atoms with Crippen LogP contribution in [0.25, 0.3) is 0 Å². The zero-order valence-electron chi connectivity index (χ0n) is 11.6. The summed E-state index contributed by atoms with van der Waals surface area (Å²) in [7, 11) is 0. The molecule has 0 amide bonds. The van der Waals surface area contributed by atoms with E-state index in [1.54, 1.807) is 0 Å². The molecule has 0 aliphatic carbocycles. The predicted octanol–water partition coefficient (Wildman–Crippen LogP) is 2.69. The van der Waals surface area contributed by atoms with Crippen molar-refractivity contribution in [1.82, 2.24) is 4.90 Å². The fraction of sp³-hybridized carbons (Fsp3) is 0.600. The summed E-state index contributed by atoms with van der Waals surface area (Å²) >= 11 is 2.06. The topological polar surface area (TPSA) is 29.3 Å². The molecule has 0 saturated carbocycles. The van der Waals surface area contributed by atoms with E-state index in [1.807, 2.05) is 6.07 Å². The summed E-state index contributed by atoms with van der Waals surface area (Å²) in [4.78, 5) is 2.50. The molecule has 0 aromatic heterocycles. The Hall–Kier alpha value is -0.510. The highest BCUT2D eigenvalue weighted by Gasteiger charge is 2.31. The van der Waals surface area contributed by atoms with E-state index in [1.165, 1.54) is 11.3 Å². The predicted molar refractivity (Wildman–Crippen MR) is 81.0 cm³/mol.